The Morgan fingerprint density at radius 1 is 1.00 bits per heavy atom. The summed E-state index contributed by atoms with van der Waals surface area (Å²) in [6.07, 6.45) is 0. The first-order chi connectivity index (χ1) is 11.5. The van der Waals surface area contributed by atoms with Crippen molar-refractivity contribution in [3.63, 3.8) is 0 Å². The van der Waals surface area contributed by atoms with Crippen molar-refractivity contribution in [3.05, 3.63) is 47.0 Å². The van der Waals surface area contributed by atoms with Crippen molar-refractivity contribution in [2.75, 3.05) is 26.6 Å². The predicted octanol–water partition coefficient (Wildman–Crippen LogP) is 3.47. The summed E-state index contributed by atoms with van der Waals surface area (Å²) in [7, 11) is 4.43. The van der Waals surface area contributed by atoms with Gasteiger partial charge in [0.15, 0.2) is 23.1 Å². The summed E-state index contributed by atoms with van der Waals surface area (Å²) >= 11 is 0. The Morgan fingerprint density at radius 2 is 1.62 bits per heavy atom. The van der Waals surface area contributed by atoms with Crippen LogP contribution in [0, 0.1) is 23.0 Å². The molecule has 2 aromatic carbocycles. The summed E-state index contributed by atoms with van der Waals surface area (Å²) in [5.41, 5.74) is 0.225. The number of nitriles is 1. The van der Waals surface area contributed by atoms with E-state index in [9.17, 15) is 8.78 Å². The van der Waals surface area contributed by atoms with Crippen molar-refractivity contribution < 1.29 is 23.0 Å². The van der Waals surface area contributed by atoms with Gasteiger partial charge in [0.25, 0.3) is 0 Å². The molecule has 1 N–H and O–H groups in total. The van der Waals surface area contributed by atoms with Crippen LogP contribution in [-0.2, 0) is 6.54 Å². The fraction of sp³-hybridized carbons (Fsp3) is 0.235. The molecule has 0 aliphatic heterocycles. The minimum Gasteiger partial charge on any atom is -0.493 e. The zero-order chi connectivity index (χ0) is 17.7. The summed E-state index contributed by atoms with van der Waals surface area (Å²) in [4.78, 5) is 0. The third kappa shape index (κ3) is 3.33. The van der Waals surface area contributed by atoms with E-state index in [0.717, 1.165) is 12.1 Å². The standard InChI is InChI=1S/C17H16F2N2O3/c1-22-14-5-4-11(16(23-2)17(14)24-3)9-21-15-12(18)6-10(8-20)7-13(15)19/h4-7,21H,9H2,1-3H3. The molecular weight excluding hydrogens is 318 g/mol. The molecule has 0 bridgehead atoms. The van der Waals surface area contributed by atoms with Crippen LogP contribution < -0.4 is 19.5 Å². The monoisotopic (exact) mass is 334 g/mol. The van der Waals surface area contributed by atoms with Crippen LogP contribution in [0.5, 0.6) is 17.2 Å². The summed E-state index contributed by atoms with van der Waals surface area (Å²) in [5, 5.41) is 11.4. The SMILES string of the molecule is COc1ccc(CNc2c(F)cc(C#N)cc2F)c(OC)c1OC. The summed E-state index contributed by atoms with van der Waals surface area (Å²) in [6.45, 7) is 0.0866. The van der Waals surface area contributed by atoms with Crippen LogP contribution in [0.3, 0.4) is 0 Å². The maximum Gasteiger partial charge on any atom is 0.203 e. The molecule has 0 radical (unpaired) electrons. The number of nitrogens with one attached hydrogen (secondary N) is 1. The fourth-order valence-electron chi connectivity index (χ4n) is 2.29. The first-order valence-corrected chi connectivity index (χ1v) is 6.96. The lowest BCUT2D eigenvalue weighted by molar-refractivity contribution is 0.322. The van der Waals surface area contributed by atoms with Crippen molar-refractivity contribution in [2.24, 2.45) is 0 Å². The third-order valence-corrected chi connectivity index (χ3v) is 3.41. The second-order valence-corrected chi connectivity index (χ2v) is 4.77. The molecule has 2 rings (SSSR count). The molecule has 0 aliphatic carbocycles. The van der Waals surface area contributed by atoms with E-state index in [0.29, 0.717) is 22.8 Å². The number of anilines is 1. The highest BCUT2D eigenvalue weighted by atomic mass is 19.1. The van der Waals surface area contributed by atoms with Crippen LogP contribution >= 0.6 is 0 Å². The number of methoxy groups -OCH3 is 3. The lowest BCUT2D eigenvalue weighted by atomic mass is 10.1. The van der Waals surface area contributed by atoms with Gasteiger partial charge in [-0.25, -0.2) is 8.78 Å². The topological polar surface area (TPSA) is 63.5 Å². The van der Waals surface area contributed by atoms with Gasteiger partial charge in [0.2, 0.25) is 5.75 Å². The maximum absolute atomic E-state index is 13.9. The highest BCUT2D eigenvalue weighted by Crippen LogP contribution is 2.40. The third-order valence-electron chi connectivity index (χ3n) is 3.41. The summed E-state index contributed by atoms with van der Waals surface area (Å²) < 4.78 is 43.6. The molecule has 0 unspecified atom stereocenters. The number of nitrogens with zero attached hydrogens (tertiary/aromatic N) is 1. The molecule has 24 heavy (non-hydrogen) atoms. The molecule has 0 aliphatic rings. The van der Waals surface area contributed by atoms with Crippen molar-refractivity contribution in [2.45, 2.75) is 6.54 Å². The molecule has 0 saturated carbocycles. The Hall–Kier alpha value is -3.01. The lowest BCUT2D eigenvalue weighted by Gasteiger charge is -2.16. The number of rotatable bonds is 6. The number of benzene rings is 2. The smallest absolute Gasteiger partial charge is 0.203 e. The molecule has 0 aromatic heterocycles. The Kier molecular flexibility index (Phi) is 5.42. The van der Waals surface area contributed by atoms with E-state index in [-0.39, 0.29) is 17.8 Å². The molecule has 0 amide bonds. The van der Waals surface area contributed by atoms with Gasteiger partial charge in [-0.05, 0) is 24.3 Å². The first-order valence-electron chi connectivity index (χ1n) is 6.96. The highest BCUT2D eigenvalue weighted by molar-refractivity contribution is 5.57. The Morgan fingerprint density at radius 3 is 2.12 bits per heavy atom. The largest absolute Gasteiger partial charge is 0.493 e. The lowest BCUT2D eigenvalue weighted by Crippen LogP contribution is -2.07. The van der Waals surface area contributed by atoms with E-state index in [2.05, 4.69) is 5.32 Å². The highest BCUT2D eigenvalue weighted by Gasteiger charge is 2.17. The molecule has 0 spiro atoms. The normalized spacial score (nSPS) is 10.0. The summed E-state index contributed by atoms with van der Waals surface area (Å²) in [5.74, 6) is -0.412. The van der Waals surface area contributed by atoms with Gasteiger partial charge in [-0.2, -0.15) is 5.26 Å². The molecular formula is C17H16F2N2O3. The van der Waals surface area contributed by atoms with E-state index < -0.39 is 11.6 Å². The predicted molar refractivity (Wildman–Crippen MR) is 84.5 cm³/mol. The number of ether oxygens (including phenoxy) is 3. The van der Waals surface area contributed by atoms with Gasteiger partial charge >= 0.3 is 0 Å². The van der Waals surface area contributed by atoms with Crippen LogP contribution in [0.25, 0.3) is 0 Å². The number of halogens is 2. The van der Waals surface area contributed by atoms with Crippen molar-refractivity contribution in [1.29, 1.82) is 5.26 Å². The molecule has 0 atom stereocenters. The second kappa shape index (κ2) is 7.51. The van der Waals surface area contributed by atoms with Crippen molar-refractivity contribution >= 4 is 5.69 Å². The molecule has 0 heterocycles. The average Bonchev–Trinajstić information content (AvgIpc) is 2.59. The molecule has 5 nitrogen and oxygen atoms in total. The van der Waals surface area contributed by atoms with Crippen molar-refractivity contribution in [1.82, 2.24) is 0 Å². The first kappa shape index (κ1) is 17.3. The van der Waals surface area contributed by atoms with Crippen LogP contribution in [0.1, 0.15) is 11.1 Å². The second-order valence-electron chi connectivity index (χ2n) is 4.77. The molecule has 0 saturated heterocycles. The van der Waals surface area contributed by atoms with E-state index in [1.807, 2.05) is 0 Å². The van der Waals surface area contributed by atoms with Gasteiger partial charge in [-0.1, -0.05) is 0 Å². The van der Waals surface area contributed by atoms with Gasteiger partial charge < -0.3 is 19.5 Å². The average molecular weight is 334 g/mol. The van der Waals surface area contributed by atoms with Crippen LogP contribution in [0.4, 0.5) is 14.5 Å². The zero-order valence-electron chi connectivity index (χ0n) is 13.4. The number of hydrogen-bond donors (Lipinski definition) is 1. The van der Waals surface area contributed by atoms with E-state index in [4.69, 9.17) is 19.5 Å². The molecule has 126 valence electrons. The van der Waals surface area contributed by atoms with Gasteiger partial charge in [-0.15, -0.1) is 0 Å². The van der Waals surface area contributed by atoms with Gasteiger partial charge in [0.05, 0.1) is 33.0 Å². The van der Waals surface area contributed by atoms with Gasteiger partial charge in [0, 0.05) is 12.1 Å². The molecule has 2 aromatic rings. The quantitative estimate of drug-likeness (QED) is 0.876. The van der Waals surface area contributed by atoms with E-state index >= 15 is 0 Å². The van der Waals surface area contributed by atoms with E-state index in [1.54, 1.807) is 18.2 Å². The Balaban J connectivity index is 2.32. The van der Waals surface area contributed by atoms with Crippen molar-refractivity contribution in [3.8, 4) is 23.3 Å². The Bertz CT molecular complexity index is 765. The zero-order valence-corrected chi connectivity index (χ0v) is 13.4. The molecule has 0 fully saturated rings. The van der Waals surface area contributed by atoms with Gasteiger partial charge in [-0.3, -0.25) is 0 Å². The van der Waals surface area contributed by atoms with Gasteiger partial charge in [0.1, 0.15) is 5.69 Å². The van der Waals surface area contributed by atoms with Crippen LogP contribution in [0.15, 0.2) is 24.3 Å². The fourth-order valence-corrected chi connectivity index (χ4v) is 2.29. The number of hydrogen-bond acceptors (Lipinski definition) is 5. The van der Waals surface area contributed by atoms with Crippen LogP contribution in [-0.4, -0.2) is 21.3 Å². The van der Waals surface area contributed by atoms with E-state index in [1.165, 1.54) is 21.3 Å². The minimum absolute atomic E-state index is 0.0840. The molecule has 7 heteroatoms. The Labute approximate surface area is 138 Å². The minimum atomic E-state index is -0.842. The summed E-state index contributed by atoms with van der Waals surface area (Å²) in [6, 6.07) is 7.01. The maximum atomic E-state index is 13.9. The van der Waals surface area contributed by atoms with Crippen LogP contribution in [0.2, 0.25) is 0 Å².